The van der Waals surface area contributed by atoms with Gasteiger partial charge in [0.15, 0.2) is 5.13 Å². The Morgan fingerprint density at radius 1 is 1.31 bits per heavy atom. The van der Waals surface area contributed by atoms with Gasteiger partial charge in [-0.3, -0.25) is 14.5 Å². The van der Waals surface area contributed by atoms with Gasteiger partial charge in [0.1, 0.15) is 17.2 Å². The Kier molecular flexibility index (Phi) is 5.68. The van der Waals surface area contributed by atoms with Crippen LogP contribution in [0.4, 0.5) is 5.13 Å². The minimum atomic E-state index is -0.530. The fourth-order valence-electron chi connectivity index (χ4n) is 3.64. The maximum atomic E-state index is 12.3. The van der Waals surface area contributed by atoms with Crippen LogP contribution in [0.5, 0.6) is 0 Å². The molecule has 1 saturated heterocycles. The molecule has 29 heavy (non-hydrogen) atoms. The summed E-state index contributed by atoms with van der Waals surface area (Å²) in [5, 5.41) is 5.24. The fraction of sp³-hybridized carbons (Fsp3) is 0.300. The van der Waals surface area contributed by atoms with Crippen LogP contribution in [0, 0.1) is 0 Å². The number of H-pyrrole nitrogens is 1. The number of likely N-dealkylation sites (tertiary alicyclic amines) is 1. The van der Waals surface area contributed by atoms with Crippen LogP contribution in [-0.2, 0) is 4.79 Å². The first-order valence-corrected chi connectivity index (χ1v) is 10.3. The number of hydrogen-bond acceptors (Lipinski definition) is 6. The van der Waals surface area contributed by atoms with Crippen LogP contribution in [0.25, 0.3) is 11.3 Å². The second-order valence-corrected chi connectivity index (χ2v) is 7.93. The van der Waals surface area contributed by atoms with E-state index in [1.54, 1.807) is 6.20 Å². The van der Waals surface area contributed by atoms with Gasteiger partial charge in [0.25, 0.3) is 5.91 Å². The van der Waals surface area contributed by atoms with Gasteiger partial charge in [-0.2, -0.15) is 0 Å². The number of primary amides is 1. The van der Waals surface area contributed by atoms with Crippen molar-refractivity contribution in [2.45, 2.75) is 18.8 Å². The van der Waals surface area contributed by atoms with E-state index in [0.29, 0.717) is 29.6 Å². The lowest BCUT2D eigenvalue weighted by Gasteiger charge is -2.31. The topological polar surface area (TPSA) is 117 Å². The lowest BCUT2D eigenvalue weighted by Crippen LogP contribution is -2.40. The van der Waals surface area contributed by atoms with Gasteiger partial charge in [-0.25, -0.2) is 9.97 Å². The van der Waals surface area contributed by atoms with Crippen LogP contribution in [0.1, 0.15) is 35.1 Å². The molecule has 3 heterocycles. The average Bonchev–Trinajstić information content (AvgIpc) is 3.39. The van der Waals surface area contributed by atoms with Crippen LogP contribution in [-0.4, -0.2) is 51.3 Å². The van der Waals surface area contributed by atoms with E-state index >= 15 is 0 Å². The second-order valence-electron chi connectivity index (χ2n) is 7.04. The zero-order valence-corrected chi connectivity index (χ0v) is 16.6. The molecule has 3 aromatic rings. The van der Waals surface area contributed by atoms with Crippen molar-refractivity contribution in [3.8, 4) is 11.3 Å². The van der Waals surface area contributed by atoms with Gasteiger partial charge in [0.2, 0.25) is 5.91 Å². The number of aromatic amines is 1. The molecule has 1 aliphatic rings. The van der Waals surface area contributed by atoms with Crippen LogP contribution < -0.4 is 11.1 Å². The molecule has 2 aromatic heterocycles. The van der Waals surface area contributed by atoms with Gasteiger partial charge < -0.3 is 16.0 Å². The van der Waals surface area contributed by atoms with Gasteiger partial charge in [0.05, 0.1) is 6.54 Å². The summed E-state index contributed by atoms with van der Waals surface area (Å²) < 4.78 is 0. The summed E-state index contributed by atoms with van der Waals surface area (Å²) in [5.74, 6) is 0.232. The predicted octanol–water partition coefficient (Wildman–Crippen LogP) is 2.45. The summed E-state index contributed by atoms with van der Waals surface area (Å²) in [6.07, 6.45) is 3.54. The van der Waals surface area contributed by atoms with E-state index in [0.717, 1.165) is 30.8 Å². The largest absolute Gasteiger partial charge is 0.364 e. The van der Waals surface area contributed by atoms with Crippen molar-refractivity contribution in [2.75, 3.05) is 25.0 Å². The summed E-state index contributed by atoms with van der Waals surface area (Å²) in [6.45, 7) is 1.83. The van der Waals surface area contributed by atoms with Gasteiger partial charge in [-0.05, 0) is 19.4 Å². The van der Waals surface area contributed by atoms with Gasteiger partial charge in [-0.15, -0.1) is 11.3 Å². The Labute approximate surface area is 172 Å². The number of nitrogens with zero attached hydrogens (tertiary/aromatic N) is 3. The molecule has 8 nitrogen and oxygen atoms in total. The number of benzene rings is 1. The number of thiazole rings is 1. The number of nitrogens with two attached hydrogens (primary N) is 1. The highest BCUT2D eigenvalue weighted by molar-refractivity contribution is 7.13. The molecule has 9 heteroatoms. The molecule has 150 valence electrons. The number of anilines is 1. The Balaban J connectivity index is 1.48. The minimum absolute atomic E-state index is 0.0807. The maximum Gasteiger partial charge on any atom is 0.267 e. The summed E-state index contributed by atoms with van der Waals surface area (Å²) in [6, 6.07) is 9.53. The smallest absolute Gasteiger partial charge is 0.267 e. The number of piperidine rings is 1. The molecular formula is C20H22N6O2S. The Morgan fingerprint density at radius 2 is 2.14 bits per heavy atom. The number of carbonyl (C=O) groups is 2. The number of nitrogens with one attached hydrogen (secondary N) is 2. The molecule has 0 radical (unpaired) electrons. The standard InChI is InChI=1S/C20H22N6O2S/c21-18(28)17-16(13-5-2-1-3-6-13)24-19(25-17)14-7-4-9-26(11-14)12-15(27)23-20-22-8-10-29-20/h1-3,5-6,8,10,14H,4,7,9,11-12H2,(H2,21,28)(H,24,25)(H,22,23,27)/t14-/m0/s1. The first-order chi connectivity index (χ1) is 14.1. The van der Waals surface area contributed by atoms with Crippen molar-refractivity contribution >= 4 is 28.3 Å². The van der Waals surface area contributed by atoms with E-state index in [-0.39, 0.29) is 11.8 Å². The third-order valence-electron chi connectivity index (χ3n) is 4.95. The lowest BCUT2D eigenvalue weighted by atomic mass is 9.97. The Bertz CT molecular complexity index is 986. The fourth-order valence-corrected chi connectivity index (χ4v) is 4.18. The quantitative estimate of drug-likeness (QED) is 0.577. The van der Waals surface area contributed by atoms with Crippen molar-refractivity contribution in [3.05, 3.63) is 53.4 Å². The number of aromatic nitrogens is 3. The zero-order valence-electron chi connectivity index (χ0n) is 15.8. The first kappa shape index (κ1) is 19.3. The minimum Gasteiger partial charge on any atom is -0.364 e. The van der Waals surface area contributed by atoms with E-state index in [9.17, 15) is 9.59 Å². The highest BCUT2D eigenvalue weighted by atomic mass is 32.1. The molecule has 1 atom stereocenters. The highest BCUT2D eigenvalue weighted by Gasteiger charge is 2.27. The maximum absolute atomic E-state index is 12.3. The van der Waals surface area contributed by atoms with Gasteiger partial charge >= 0.3 is 0 Å². The third-order valence-corrected chi connectivity index (χ3v) is 5.64. The first-order valence-electron chi connectivity index (χ1n) is 9.47. The van der Waals surface area contributed by atoms with Crippen molar-refractivity contribution in [3.63, 3.8) is 0 Å². The van der Waals surface area contributed by atoms with Crippen LogP contribution in [0.15, 0.2) is 41.9 Å². The molecule has 0 unspecified atom stereocenters. The second kappa shape index (κ2) is 8.54. The van der Waals surface area contributed by atoms with Gasteiger partial charge in [0, 0.05) is 29.6 Å². The van der Waals surface area contributed by atoms with Crippen LogP contribution >= 0.6 is 11.3 Å². The molecule has 1 aliphatic heterocycles. The van der Waals surface area contributed by atoms with E-state index < -0.39 is 5.91 Å². The monoisotopic (exact) mass is 410 g/mol. The molecule has 4 rings (SSSR count). The molecular weight excluding hydrogens is 388 g/mol. The van der Waals surface area contributed by atoms with Gasteiger partial charge in [-0.1, -0.05) is 30.3 Å². The molecule has 1 fully saturated rings. The Morgan fingerprint density at radius 3 is 2.86 bits per heavy atom. The zero-order chi connectivity index (χ0) is 20.2. The molecule has 4 N–H and O–H groups in total. The van der Waals surface area contributed by atoms with Crippen LogP contribution in [0.2, 0.25) is 0 Å². The number of imidazole rings is 1. The number of amides is 2. The van der Waals surface area contributed by atoms with E-state index in [2.05, 4.69) is 20.2 Å². The normalized spacial score (nSPS) is 17.2. The van der Waals surface area contributed by atoms with E-state index in [1.807, 2.05) is 35.7 Å². The molecule has 0 aliphatic carbocycles. The predicted molar refractivity (Wildman–Crippen MR) is 112 cm³/mol. The third kappa shape index (κ3) is 4.52. The number of hydrogen-bond donors (Lipinski definition) is 3. The van der Waals surface area contributed by atoms with Crippen LogP contribution in [0.3, 0.4) is 0 Å². The molecule has 0 saturated carbocycles. The van der Waals surface area contributed by atoms with Crippen molar-refractivity contribution < 1.29 is 9.59 Å². The van der Waals surface area contributed by atoms with Crippen molar-refractivity contribution in [2.24, 2.45) is 5.73 Å². The summed E-state index contributed by atoms with van der Waals surface area (Å²) in [4.78, 5) is 38.2. The summed E-state index contributed by atoms with van der Waals surface area (Å²) in [5.41, 5.74) is 7.32. The molecule has 1 aromatic carbocycles. The van der Waals surface area contributed by atoms with Crippen molar-refractivity contribution in [1.29, 1.82) is 0 Å². The SMILES string of the molecule is NC(=O)c1[nH]c([C@H]2CCCN(CC(=O)Nc3nccs3)C2)nc1-c1ccccc1. The van der Waals surface area contributed by atoms with E-state index in [4.69, 9.17) is 10.7 Å². The number of rotatable bonds is 6. The molecule has 0 spiro atoms. The van der Waals surface area contributed by atoms with Crippen molar-refractivity contribution in [1.82, 2.24) is 19.9 Å². The Hall–Kier alpha value is -3.04. The average molecular weight is 411 g/mol. The van der Waals surface area contributed by atoms with E-state index in [1.165, 1.54) is 11.3 Å². The molecule has 2 amide bonds. The highest BCUT2D eigenvalue weighted by Crippen LogP contribution is 2.29. The molecule has 0 bridgehead atoms. The summed E-state index contributed by atoms with van der Waals surface area (Å²) in [7, 11) is 0. The summed E-state index contributed by atoms with van der Waals surface area (Å²) >= 11 is 1.40. The number of carbonyl (C=O) groups excluding carboxylic acids is 2. The lowest BCUT2D eigenvalue weighted by molar-refractivity contribution is -0.117.